The number of aliphatic hydroxyl groups is 1. The van der Waals surface area contributed by atoms with Crippen LogP contribution in [0.3, 0.4) is 0 Å². The number of rotatable bonds is 7. The summed E-state index contributed by atoms with van der Waals surface area (Å²) in [4.78, 5) is 21.0. The molecule has 1 aliphatic carbocycles. The van der Waals surface area contributed by atoms with Crippen LogP contribution < -0.4 is 15.4 Å². The van der Waals surface area contributed by atoms with E-state index in [1.54, 1.807) is 51.5 Å². The number of alkyl halides is 2. The number of aromatic nitrogens is 2. The Labute approximate surface area is 201 Å². The number of carbonyl (C=O) groups is 1. The first kappa shape index (κ1) is 24.4. The van der Waals surface area contributed by atoms with Crippen LogP contribution in [0.15, 0.2) is 42.7 Å². The maximum Gasteiger partial charge on any atom is 0.242 e. The number of nitrogens with one attached hydrogen (secondary N) is 2. The summed E-state index contributed by atoms with van der Waals surface area (Å²) >= 11 is 0. The number of hydrogen-bond donors (Lipinski definition) is 3. The number of benzene rings is 1. The number of carbonyl (C=O) groups excluding carboxylic acids is 1. The zero-order valence-corrected chi connectivity index (χ0v) is 19.6. The molecule has 2 heterocycles. The molecule has 3 aromatic rings. The molecular weight excluding hydrogens is 454 g/mol. The molecule has 0 aliphatic heterocycles. The quantitative estimate of drug-likeness (QED) is 0.442. The van der Waals surface area contributed by atoms with Crippen molar-refractivity contribution in [3.8, 4) is 17.6 Å². The minimum atomic E-state index is -2.50. The fourth-order valence-corrected chi connectivity index (χ4v) is 3.55. The van der Waals surface area contributed by atoms with Crippen molar-refractivity contribution in [2.75, 3.05) is 24.3 Å². The molecule has 0 bridgehead atoms. The second-order valence-corrected chi connectivity index (χ2v) is 9.09. The van der Waals surface area contributed by atoms with Gasteiger partial charge in [0, 0.05) is 47.6 Å². The number of amides is 1. The topological polar surface area (TPSA) is 96.4 Å². The molecule has 0 spiro atoms. The van der Waals surface area contributed by atoms with Crippen LogP contribution in [0.2, 0.25) is 0 Å². The molecule has 1 aliphatic rings. The van der Waals surface area contributed by atoms with Gasteiger partial charge in [-0.2, -0.15) is 0 Å². The van der Waals surface area contributed by atoms with Crippen molar-refractivity contribution in [2.45, 2.75) is 32.3 Å². The molecule has 182 valence electrons. The Morgan fingerprint density at radius 1 is 1.20 bits per heavy atom. The third kappa shape index (κ3) is 6.03. The van der Waals surface area contributed by atoms with E-state index in [9.17, 15) is 18.7 Å². The highest BCUT2D eigenvalue weighted by molar-refractivity contribution is 5.99. The van der Waals surface area contributed by atoms with Crippen molar-refractivity contribution in [3.63, 3.8) is 0 Å². The van der Waals surface area contributed by atoms with Gasteiger partial charge < -0.3 is 20.5 Å². The first-order chi connectivity index (χ1) is 16.6. The van der Waals surface area contributed by atoms with Crippen molar-refractivity contribution < 1.29 is 23.4 Å². The van der Waals surface area contributed by atoms with Gasteiger partial charge in [-0.1, -0.05) is 11.8 Å². The maximum atomic E-state index is 12.8. The number of ether oxygens (including phenoxy) is 1. The van der Waals surface area contributed by atoms with Gasteiger partial charge in [-0.15, -0.1) is 0 Å². The molecule has 9 heteroatoms. The van der Waals surface area contributed by atoms with Gasteiger partial charge in [-0.25, -0.2) is 18.7 Å². The van der Waals surface area contributed by atoms with E-state index in [1.165, 1.54) is 0 Å². The number of hydrogen-bond acceptors (Lipinski definition) is 6. The summed E-state index contributed by atoms with van der Waals surface area (Å²) in [5, 5.41) is 16.9. The summed E-state index contributed by atoms with van der Waals surface area (Å²) < 4.78 is 31.2. The summed E-state index contributed by atoms with van der Waals surface area (Å²) in [5.74, 6) is 5.67. The lowest BCUT2D eigenvalue weighted by molar-refractivity contribution is -0.118. The number of nitrogens with zero attached hydrogens (tertiary/aromatic N) is 2. The highest BCUT2D eigenvalue weighted by Gasteiger charge is 2.48. The molecule has 0 unspecified atom stereocenters. The molecule has 4 rings (SSSR count). The smallest absolute Gasteiger partial charge is 0.242 e. The van der Waals surface area contributed by atoms with Gasteiger partial charge >= 0.3 is 0 Å². The van der Waals surface area contributed by atoms with Crippen LogP contribution in [-0.4, -0.2) is 46.7 Å². The van der Waals surface area contributed by atoms with E-state index in [2.05, 4.69) is 32.4 Å². The fraction of sp³-hybridized carbons (Fsp3) is 0.346. The van der Waals surface area contributed by atoms with Crippen molar-refractivity contribution >= 4 is 28.3 Å². The molecule has 7 nitrogen and oxygen atoms in total. The molecule has 1 saturated carbocycles. The minimum Gasteiger partial charge on any atom is -0.491 e. The second-order valence-electron chi connectivity index (χ2n) is 9.09. The summed E-state index contributed by atoms with van der Waals surface area (Å²) in [6.07, 6.45) is 0.884. The van der Waals surface area contributed by atoms with Gasteiger partial charge in [0.15, 0.2) is 0 Å². The first-order valence-electron chi connectivity index (χ1n) is 11.2. The SMILES string of the molecule is CNc1ncc(C#Cc2ccc(OCC(C)(C)O)cc2)c2cc(NC(=O)[C@H]3C[C@H]3C(F)F)ncc12. The highest BCUT2D eigenvalue weighted by Crippen LogP contribution is 2.43. The molecular formula is C26H26F2N4O3. The Hall–Kier alpha value is -3.77. The molecule has 1 amide bonds. The van der Waals surface area contributed by atoms with Crippen molar-refractivity contribution in [1.29, 1.82) is 0 Å². The molecule has 35 heavy (non-hydrogen) atoms. The van der Waals surface area contributed by atoms with E-state index in [0.717, 1.165) is 5.56 Å². The second kappa shape index (κ2) is 9.84. The third-order valence-corrected chi connectivity index (χ3v) is 5.55. The minimum absolute atomic E-state index is 0.171. The predicted molar refractivity (Wildman–Crippen MR) is 130 cm³/mol. The monoisotopic (exact) mass is 480 g/mol. The molecule has 0 radical (unpaired) electrons. The van der Waals surface area contributed by atoms with Crippen LogP contribution in [0.1, 0.15) is 31.4 Å². The average Bonchev–Trinajstić information content (AvgIpc) is 3.63. The lowest BCUT2D eigenvalue weighted by Gasteiger charge is -2.17. The predicted octanol–water partition coefficient (Wildman–Crippen LogP) is 4.06. The Morgan fingerprint density at radius 3 is 2.57 bits per heavy atom. The van der Waals surface area contributed by atoms with E-state index in [1.807, 2.05) is 12.1 Å². The van der Waals surface area contributed by atoms with Crippen LogP contribution in [0.25, 0.3) is 10.8 Å². The molecule has 3 N–H and O–H groups in total. The summed E-state index contributed by atoms with van der Waals surface area (Å²) in [7, 11) is 1.74. The highest BCUT2D eigenvalue weighted by atomic mass is 19.3. The van der Waals surface area contributed by atoms with E-state index in [0.29, 0.717) is 27.9 Å². The van der Waals surface area contributed by atoms with E-state index >= 15 is 0 Å². The Bertz CT molecular complexity index is 1290. The molecule has 1 aromatic carbocycles. The van der Waals surface area contributed by atoms with Crippen LogP contribution in [0.4, 0.5) is 20.4 Å². The molecule has 1 fully saturated rings. The van der Waals surface area contributed by atoms with Gasteiger partial charge in [0.05, 0.1) is 11.2 Å². The first-order valence-corrected chi connectivity index (χ1v) is 11.2. The van der Waals surface area contributed by atoms with Crippen molar-refractivity contribution in [1.82, 2.24) is 9.97 Å². The summed E-state index contributed by atoms with van der Waals surface area (Å²) in [5.41, 5.74) is 0.444. The number of pyridine rings is 2. The molecule has 0 saturated heterocycles. The van der Waals surface area contributed by atoms with Crippen molar-refractivity contribution in [2.24, 2.45) is 11.8 Å². The summed E-state index contributed by atoms with van der Waals surface area (Å²) in [6.45, 7) is 3.51. The Kier molecular flexibility index (Phi) is 6.85. The van der Waals surface area contributed by atoms with Crippen molar-refractivity contribution in [3.05, 3.63) is 53.9 Å². The zero-order chi connectivity index (χ0) is 25.2. The Balaban J connectivity index is 1.56. The van der Waals surface area contributed by atoms with Crippen LogP contribution >= 0.6 is 0 Å². The number of halogens is 2. The van der Waals surface area contributed by atoms with Gasteiger partial charge in [-0.05, 0) is 50.6 Å². The van der Waals surface area contributed by atoms with E-state index in [4.69, 9.17) is 4.74 Å². The summed E-state index contributed by atoms with van der Waals surface area (Å²) in [6, 6.07) is 8.85. The number of anilines is 2. The fourth-order valence-electron chi connectivity index (χ4n) is 3.55. The standard InChI is InChI=1S/C26H26F2N4O3/c1-26(2,34)14-35-17-8-5-15(6-9-17)4-7-16-12-31-24(29-3)21-13-30-22(11-18(16)21)32-25(33)20-10-19(20)23(27)28/h5-6,8-9,11-13,19-20,23,34H,10,14H2,1-3H3,(H,29,31)(H,30,32,33)/t19-,20+/m1/s1. The van der Waals surface area contributed by atoms with Crippen LogP contribution in [-0.2, 0) is 4.79 Å². The van der Waals surface area contributed by atoms with Crippen LogP contribution in [0.5, 0.6) is 5.75 Å². The third-order valence-electron chi connectivity index (χ3n) is 5.55. The zero-order valence-electron chi connectivity index (χ0n) is 19.6. The van der Waals surface area contributed by atoms with E-state index < -0.39 is 29.8 Å². The van der Waals surface area contributed by atoms with Crippen LogP contribution in [0, 0.1) is 23.7 Å². The van der Waals surface area contributed by atoms with Gasteiger partial charge in [0.25, 0.3) is 0 Å². The Morgan fingerprint density at radius 2 is 1.94 bits per heavy atom. The van der Waals surface area contributed by atoms with E-state index in [-0.39, 0.29) is 18.8 Å². The lowest BCUT2D eigenvalue weighted by Crippen LogP contribution is -2.27. The van der Waals surface area contributed by atoms with Gasteiger partial charge in [0.2, 0.25) is 12.3 Å². The lowest BCUT2D eigenvalue weighted by atomic mass is 10.1. The largest absolute Gasteiger partial charge is 0.491 e. The molecule has 2 atom stereocenters. The maximum absolute atomic E-state index is 12.8. The van der Waals surface area contributed by atoms with Gasteiger partial charge in [-0.3, -0.25) is 4.79 Å². The average molecular weight is 481 g/mol. The van der Waals surface area contributed by atoms with Gasteiger partial charge in [0.1, 0.15) is 24.0 Å². The molecule has 2 aromatic heterocycles. The number of fused-ring (bicyclic) bond motifs is 1. The normalized spacial score (nSPS) is 17.0.